The molecule has 0 unspecified atom stereocenters. The highest BCUT2D eigenvalue weighted by molar-refractivity contribution is 5.99. The highest BCUT2D eigenvalue weighted by atomic mass is 16.5. The van der Waals surface area contributed by atoms with Crippen molar-refractivity contribution in [2.45, 2.75) is 13.3 Å². The van der Waals surface area contributed by atoms with Crippen molar-refractivity contribution in [1.29, 1.82) is 0 Å². The quantitative estimate of drug-likeness (QED) is 0.321. The van der Waals surface area contributed by atoms with E-state index in [1.807, 2.05) is 12.1 Å². The van der Waals surface area contributed by atoms with Gasteiger partial charge in [-0.25, -0.2) is 0 Å². The summed E-state index contributed by atoms with van der Waals surface area (Å²) in [5.41, 5.74) is 7.74. The van der Waals surface area contributed by atoms with Crippen molar-refractivity contribution in [3.05, 3.63) is 36.4 Å². The second-order valence-electron chi connectivity index (χ2n) is 3.97. The lowest BCUT2D eigenvalue weighted by Crippen LogP contribution is -2.10. The Labute approximate surface area is 108 Å². The lowest BCUT2D eigenvalue weighted by atomic mass is 10.1. The standard InChI is InChI=1S/C14H20N2O2/c1-3-4-8-18-9-7-16-12-5-6-13(11(2)17)14(15)10-12/h3,5-6,10,16H,1,4,7-9,15H2,2H3. The molecule has 98 valence electrons. The first-order valence-corrected chi connectivity index (χ1v) is 5.98. The first-order chi connectivity index (χ1) is 8.65. The molecule has 0 aliphatic heterocycles. The Morgan fingerprint density at radius 1 is 1.50 bits per heavy atom. The molecular formula is C14H20N2O2. The van der Waals surface area contributed by atoms with Gasteiger partial charge < -0.3 is 15.8 Å². The number of rotatable bonds is 8. The number of anilines is 2. The van der Waals surface area contributed by atoms with Crippen LogP contribution in [-0.4, -0.2) is 25.5 Å². The third-order valence-electron chi connectivity index (χ3n) is 2.47. The fourth-order valence-electron chi connectivity index (χ4n) is 1.53. The third-order valence-corrected chi connectivity index (χ3v) is 2.47. The molecule has 0 aromatic heterocycles. The van der Waals surface area contributed by atoms with Crippen molar-refractivity contribution in [3.8, 4) is 0 Å². The average molecular weight is 248 g/mol. The normalized spacial score (nSPS) is 10.1. The van der Waals surface area contributed by atoms with Crippen LogP contribution in [0.25, 0.3) is 0 Å². The van der Waals surface area contributed by atoms with Crippen LogP contribution in [0.3, 0.4) is 0 Å². The van der Waals surface area contributed by atoms with Crippen LogP contribution in [0.5, 0.6) is 0 Å². The Morgan fingerprint density at radius 3 is 2.89 bits per heavy atom. The van der Waals surface area contributed by atoms with E-state index in [4.69, 9.17) is 10.5 Å². The predicted octanol–water partition coefficient (Wildman–Crippen LogP) is 2.48. The van der Waals surface area contributed by atoms with Gasteiger partial charge in [-0.2, -0.15) is 0 Å². The Hall–Kier alpha value is -1.81. The Morgan fingerprint density at radius 2 is 2.28 bits per heavy atom. The molecule has 0 amide bonds. The summed E-state index contributed by atoms with van der Waals surface area (Å²) in [6, 6.07) is 5.34. The second-order valence-corrected chi connectivity index (χ2v) is 3.97. The fraction of sp³-hybridized carbons (Fsp3) is 0.357. The molecule has 4 nitrogen and oxygen atoms in total. The molecule has 0 aliphatic rings. The van der Waals surface area contributed by atoms with Crippen LogP contribution in [0.4, 0.5) is 11.4 Å². The van der Waals surface area contributed by atoms with Crippen molar-refractivity contribution >= 4 is 17.2 Å². The van der Waals surface area contributed by atoms with Gasteiger partial charge in [-0.3, -0.25) is 4.79 Å². The minimum Gasteiger partial charge on any atom is -0.398 e. The number of nitrogens with one attached hydrogen (secondary N) is 1. The lowest BCUT2D eigenvalue weighted by molar-refractivity contribution is 0.101. The first kappa shape index (κ1) is 14.3. The fourth-order valence-corrected chi connectivity index (χ4v) is 1.53. The Bertz CT molecular complexity index is 416. The van der Waals surface area contributed by atoms with E-state index in [2.05, 4.69) is 11.9 Å². The Balaban J connectivity index is 2.37. The number of benzene rings is 1. The van der Waals surface area contributed by atoms with Gasteiger partial charge >= 0.3 is 0 Å². The van der Waals surface area contributed by atoms with E-state index in [1.54, 1.807) is 12.1 Å². The maximum Gasteiger partial charge on any atom is 0.161 e. The largest absolute Gasteiger partial charge is 0.398 e. The van der Waals surface area contributed by atoms with Crippen molar-refractivity contribution in [2.24, 2.45) is 0 Å². The summed E-state index contributed by atoms with van der Waals surface area (Å²) < 4.78 is 5.37. The summed E-state index contributed by atoms with van der Waals surface area (Å²) in [6.07, 6.45) is 2.69. The predicted molar refractivity (Wildman–Crippen MR) is 75.0 cm³/mol. The van der Waals surface area contributed by atoms with Gasteiger partial charge in [-0.1, -0.05) is 6.08 Å². The Kier molecular flexibility index (Phi) is 5.94. The molecule has 3 N–H and O–H groups in total. The SMILES string of the molecule is C=CCCOCCNc1ccc(C(C)=O)c(N)c1. The van der Waals surface area contributed by atoms with Gasteiger partial charge in [0.1, 0.15) is 0 Å². The number of nitrogen functional groups attached to an aromatic ring is 1. The van der Waals surface area contributed by atoms with Gasteiger partial charge in [-0.15, -0.1) is 6.58 Å². The van der Waals surface area contributed by atoms with Gasteiger partial charge in [0.2, 0.25) is 0 Å². The maximum atomic E-state index is 11.2. The molecule has 0 radical (unpaired) electrons. The zero-order valence-corrected chi connectivity index (χ0v) is 10.7. The van der Waals surface area contributed by atoms with Crippen LogP contribution in [0.2, 0.25) is 0 Å². The molecule has 4 heteroatoms. The van der Waals surface area contributed by atoms with Gasteiger partial charge in [-0.05, 0) is 31.5 Å². The van der Waals surface area contributed by atoms with Crippen molar-refractivity contribution in [2.75, 3.05) is 30.8 Å². The topological polar surface area (TPSA) is 64.3 Å². The molecule has 0 saturated heterocycles. The smallest absolute Gasteiger partial charge is 0.161 e. The summed E-state index contributed by atoms with van der Waals surface area (Å²) in [7, 11) is 0. The molecule has 0 bridgehead atoms. The van der Waals surface area contributed by atoms with Gasteiger partial charge in [0.05, 0.1) is 13.2 Å². The van der Waals surface area contributed by atoms with Crippen LogP contribution in [-0.2, 0) is 4.74 Å². The molecule has 0 aliphatic carbocycles. The molecule has 18 heavy (non-hydrogen) atoms. The minimum atomic E-state index is -0.0215. The molecule has 1 rings (SSSR count). The number of Topliss-reactive ketones (excluding diaryl/α,β-unsaturated/α-hetero) is 1. The van der Waals surface area contributed by atoms with E-state index >= 15 is 0 Å². The molecule has 0 fully saturated rings. The molecule has 1 aromatic rings. The van der Waals surface area contributed by atoms with Crippen molar-refractivity contribution < 1.29 is 9.53 Å². The van der Waals surface area contributed by atoms with Crippen LogP contribution < -0.4 is 11.1 Å². The third kappa shape index (κ3) is 4.59. The summed E-state index contributed by atoms with van der Waals surface area (Å²) in [4.78, 5) is 11.2. The van der Waals surface area contributed by atoms with Crippen LogP contribution in [0, 0.1) is 0 Å². The summed E-state index contributed by atoms with van der Waals surface area (Å²) in [5, 5.41) is 3.19. The minimum absolute atomic E-state index is 0.0215. The van der Waals surface area contributed by atoms with E-state index in [0.29, 0.717) is 31.0 Å². The maximum absolute atomic E-state index is 11.2. The highest BCUT2D eigenvalue weighted by Crippen LogP contribution is 2.18. The van der Waals surface area contributed by atoms with Crippen LogP contribution >= 0.6 is 0 Å². The first-order valence-electron chi connectivity index (χ1n) is 5.98. The summed E-state index contributed by atoms with van der Waals surface area (Å²) >= 11 is 0. The van der Waals surface area contributed by atoms with Gasteiger partial charge in [0, 0.05) is 23.5 Å². The number of ketones is 1. The molecule has 0 atom stereocenters. The van der Waals surface area contributed by atoms with E-state index in [1.165, 1.54) is 6.92 Å². The monoisotopic (exact) mass is 248 g/mol. The number of hydrogen-bond acceptors (Lipinski definition) is 4. The molecule has 1 aromatic carbocycles. The zero-order valence-electron chi connectivity index (χ0n) is 10.7. The molecule has 0 saturated carbocycles. The number of nitrogens with two attached hydrogens (primary N) is 1. The highest BCUT2D eigenvalue weighted by Gasteiger charge is 2.04. The number of carbonyl (C=O) groups is 1. The van der Waals surface area contributed by atoms with E-state index in [-0.39, 0.29) is 5.78 Å². The van der Waals surface area contributed by atoms with E-state index in [0.717, 1.165) is 12.1 Å². The lowest BCUT2D eigenvalue weighted by Gasteiger charge is -2.09. The number of hydrogen-bond donors (Lipinski definition) is 2. The molecule has 0 heterocycles. The second kappa shape index (κ2) is 7.50. The van der Waals surface area contributed by atoms with Crippen LogP contribution in [0.15, 0.2) is 30.9 Å². The van der Waals surface area contributed by atoms with Crippen molar-refractivity contribution in [3.63, 3.8) is 0 Å². The summed E-state index contributed by atoms with van der Waals surface area (Å²) in [6.45, 7) is 7.15. The summed E-state index contributed by atoms with van der Waals surface area (Å²) in [5.74, 6) is -0.0215. The van der Waals surface area contributed by atoms with Gasteiger partial charge in [0.25, 0.3) is 0 Å². The van der Waals surface area contributed by atoms with Crippen LogP contribution in [0.1, 0.15) is 23.7 Å². The van der Waals surface area contributed by atoms with E-state index < -0.39 is 0 Å². The number of ether oxygens (including phenoxy) is 1. The van der Waals surface area contributed by atoms with Crippen molar-refractivity contribution in [1.82, 2.24) is 0 Å². The number of carbonyl (C=O) groups excluding carboxylic acids is 1. The average Bonchev–Trinajstić information content (AvgIpc) is 2.33. The molecular weight excluding hydrogens is 228 g/mol. The zero-order chi connectivity index (χ0) is 13.4. The van der Waals surface area contributed by atoms with E-state index in [9.17, 15) is 4.79 Å². The van der Waals surface area contributed by atoms with Gasteiger partial charge in [0.15, 0.2) is 5.78 Å². The molecule has 0 spiro atoms.